The zero-order valence-corrected chi connectivity index (χ0v) is 14.5. The fourth-order valence-electron chi connectivity index (χ4n) is 1.92. The van der Waals surface area contributed by atoms with E-state index < -0.39 is 0 Å². The van der Waals surface area contributed by atoms with Crippen molar-refractivity contribution in [1.82, 2.24) is 9.88 Å². The second-order valence-electron chi connectivity index (χ2n) is 4.99. The summed E-state index contributed by atoms with van der Waals surface area (Å²) in [4.78, 5) is 32.1. The summed E-state index contributed by atoms with van der Waals surface area (Å²) in [7, 11) is 0. The number of nitrogens with zero attached hydrogens (tertiary/aromatic N) is 2. The summed E-state index contributed by atoms with van der Waals surface area (Å²) in [5.41, 5.74) is 0. The van der Waals surface area contributed by atoms with E-state index in [4.69, 9.17) is 0 Å². The maximum atomic E-state index is 12.5. The van der Waals surface area contributed by atoms with E-state index in [0.717, 1.165) is 11.3 Å². The molecule has 0 saturated heterocycles. The Balaban J connectivity index is 2.06. The van der Waals surface area contributed by atoms with Crippen LogP contribution >= 0.6 is 22.7 Å². The van der Waals surface area contributed by atoms with Gasteiger partial charge in [-0.15, -0.1) is 22.7 Å². The average molecular weight is 337 g/mol. The van der Waals surface area contributed by atoms with Crippen LogP contribution in [0.4, 0.5) is 5.13 Å². The monoisotopic (exact) mass is 337 g/mol. The standard InChI is InChI=1S/C15H19N3O2S2/c1-4-10(2)18(14(20)12-6-5-7-21-12)9-13(19)17-15-16-8-11(3)22-15/h5-8,10H,4,9H2,1-3H3,(H,16,17,19). The van der Waals surface area contributed by atoms with Crippen LogP contribution in [-0.2, 0) is 4.79 Å². The molecule has 1 unspecified atom stereocenters. The topological polar surface area (TPSA) is 62.3 Å². The molecule has 0 fully saturated rings. The molecular weight excluding hydrogens is 318 g/mol. The van der Waals surface area contributed by atoms with Crippen molar-refractivity contribution in [2.45, 2.75) is 33.2 Å². The zero-order valence-electron chi connectivity index (χ0n) is 12.8. The van der Waals surface area contributed by atoms with E-state index in [1.165, 1.54) is 22.7 Å². The molecule has 2 amide bonds. The number of aryl methyl sites for hydroxylation is 1. The Morgan fingerprint density at radius 2 is 2.23 bits per heavy atom. The van der Waals surface area contributed by atoms with Gasteiger partial charge in [-0.1, -0.05) is 13.0 Å². The Morgan fingerprint density at radius 1 is 1.45 bits per heavy atom. The van der Waals surface area contributed by atoms with Crippen molar-refractivity contribution in [3.05, 3.63) is 33.5 Å². The first kappa shape index (κ1) is 16.6. The molecule has 0 saturated carbocycles. The van der Waals surface area contributed by atoms with Crippen LogP contribution in [0.3, 0.4) is 0 Å². The molecule has 7 heteroatoms. The predicted octanol–water partition coefficient (Wildman–Crippen LogP) is 3.39. The second kappa shape index (κ2) is 7.51. The van der Waals surface area contributed by atoms with Crippen molar-refractivity contribution < 1.29 is 9.59 Å². The number of carbonyl (C=O) groups excluding carboxylic acids is 2. The third-order valence-electron chi connectivity index (χ3n) is 3.30. The minimum Gasteiger partial charge on any atom is -0.326 e. The third kappa shape index (κ3) is 4.14. The molecule has 0 spiro atoms. The summed E-state index contributed by atoms with van der Waals surface area (Å²) >= 11 is 2.81. The van der Waals surface area contributed by atoms with E-state index in [1.54, 1.807) is 17.2 Å². The van der Waals surface area contributed by atoms with Crippen LogP contribution in [0.5, 0.6) is 0 Å². The molecule has 1 atom stereocenters. The van der Waals surface area contributed by atoms with Crippen LogP contribution in [0, 0.1) is 6.92 Å². The molecule has 2 rings (SSSR count). The number of thiophene rings is 1. The number of hydrogen-bond acceptors (Lipinski definition) is 5. The number of nitrogens with one attached hydrogen (secondary N) is 1. The van der Waals surface area contributed by atoms with Crippen LogP contribution in [-0.4, -0.2) is 34.3 Å². The van der Waals surface area contributed by atoms with Crippen molar-refractivity contribution in [3.8, 4) is 0 Å². The fraction of sp³-hybridized carbons (Fsp3) is 0.400. The Morgan fingerprint density at radius 3 is 2.77 bits per heavy atom. The molecule has 1 N–H and O–H groups in total. The first-order valence-electron chi connectivity index (χ1n) is 7.08. The van der Waals surface area contributed by atoms with E-state index >= 15 is 0 Å². The highest BCUT2D eigenvalue weighted by Crippen LogP contribution is 2.18. The van der Waals surface area contributed by atoms with Crippen molar-refractivity contribution in [1.29, 1.82) is 0 Å². The van der Waals surface area contributed by atoms with Gasteiger partial charge in [-0.25, -0.2) is 4.98 Å². The van der Waals surface area contributed by atoms with E-state index in [1.807, 2.05) is 32.2 Å². The minimum atomic E-state index is -0.223. The summed E-state index contributed by atoms with van der Waals surface area (Å²) < 4.78 is 0. The van der Waals surface area contributed by atoms with Crippen LogP contribution in [0.2, 0.25) is 0 Å². The summed E-state index contributed by atoms with van der Waals surface area (Å²) in [6, 6.07) is 3.62. The molecule has 2 aromatic heterocycles. The van der Waals surface area contributed by atoms with E-state index in [0.29, 0.717) is 10.0 Å². The summed E-state index contributed by atoms with van der Waals surface area (Å²) in [5.74, 6) is -0.325. The molecular formula is C15H19N3O2S2. The lowest BCUT2D eigenvalue weighted by Crippen LogP contribution is -2.43. The number of amides is 2. The normalized spacial score (nSPS) is 12.0. The average Bonchev–Trinajstić information content (AvgIpc) is 3.15. The SMILES string of the molecule is CCC(C)N(CC(=O)Nc1ncc(C)s1)C(=O)c1cccs1. The Kier molecular flexibility index (Phi) is 5.68. The zero-order chi connectivity index (χ0) is 16.1. The smallest absolute Gasteiger partial charge is 0.264 e. The highest BCUT2D eigenvalue weighted by atomic mass is 32.1. The lowest BCUT2D eigenvalue weighted by Gasteiger charge is -2.27. The Labute approximate surface area is 138 Å². The van der Waals surface area contributed by atoms with Gasteiger partial charge >= 0.3 is 0 Å². The van der Waals surface area contributed by atoms with Crippen LogP contribution in [0.15, 0.2) is 23.7 Å². The molecule has 5 nitrogen and oxygen atoms in total. The van der Waals surface area contributed by atoms with Crippen molar-refractivity contribution in [3.63, 3.8) is 0 Å². The van der Waals surface area contributed by atoms with Crippen LogP contribution in [0.25, 0.3) is 0 Å². The molecule has 2 aromatic rings. The largest absolute Gasteiger partial charge is 0.326 e. The van der Waals surface area contributed by atoms with Gasteiger partial charge in [0.1, 0.15) is 6.54 Å². The maximum absolute atomic E-state index is 12.5. The molecule has 0 aromatic carbocycles. The maximum Gasteiger partial charge on any atom is 0.264 e. The first-order valence-corrected chi connectivity index (χ1v) is 8.77. The van der Waals surface area contributed by atoms with E-state index in [9.17, 15) is 9.59 Å². The van der Waals surface area contributed by atoms with Gasteiger partial charge in [0.15, 0.2) is 5.13 Å². The lowest BCUT2D eigenvalue weighted by molar-refractivity contribution is -0.117. The van der Waals surface area contributed by atoms with Crippen molar-refractivity contribution in [2.24, 2.45) is 0 Å². The van der Waals surface area contributed by atoms with Crippen molar-refractivity contribution >= 4 is 39.6 Å². The van der Waals surface area contributed by atoms with Gasteiger partial charge in [-0.2, -0.15) is 0 Å². The number of thiazole rings is 1. The van der Waals surface area contributed by atoms with Gasteiger partial charge in [0.25, 0.3) is 5.91 Å². The summed E-state index contributed by atoms with van der Waals surface area (Å²) in [6.45, 7) is 5.91. The molecule has 0 aliphatic heterocycles. The van der Waals surface area contributed by atoms with Gasteiger partial charge in [0, 0.05) is 17.1 Å². The first-order chi connectivity index (χ1) is 10.5. The molecule has 0 aliphatic rings. The Hall–Kier alpha value is -1.73. The van der Waals surface area contributed by atoms with E-state index in [-0.39, 0.29) is 24.4 Å². The quantitative estimate of drug-likeness (QED) is 0.879. The third-order valence-corrected chi connectivity index (χ3v) is 4.98. The number of hydrogen-bond donors (Lipinski definition) is 1. The number of carbonyl (C=O) groups is 2. The molecule has 0 aliphatic carbocycles. The molecule has 0 radical (unpaired) electrons. The minimum absolute atomic E-state index is 0.00150. The molecule has 2 heterocycles. The van der Waals surface area contributed by atoms with Gasteiger partial charge < -0.3 is 10.2 Å². The highest BCUT2D eigenvalue weighted by Gasteiger charge is 2.24. The fourth-order valence-corrected chi connectivity index (χ4v) is 3.28. The molecule has 0 bridgehead atoms. The summed E-state index contributed by atoms with van der Waals surface area (Å²) in [6.07, 6.45) is 2.50. The number of aromatic nitrogens is 1. The second-order valence-corrected chi connectivity index (χ2v) is 7.17. The number of rotatable bonds is 6. The molecule has 22 heavy (non-hydrogen) atoms. The lowest BCUT2D eigenvalue weighted by atomic mass is 10.2. The van der Waals surface area contributed by atoms with Crippen molar-refractivity contribution in [2.75, 3.05) is 11.9 Å². The number of anilines is 1. The van der Waals surface area contributed by atoms with Crippen LogP contribution in [0.1, 0.15) is 34.8 Å². The predicted molar refractivity (Wildman–Crippen MR) is 90.6 cm³/mol. The van der Waals surface area contributed by atoms with Gasteiger partial charge in [0.05, 0.1) is 4.88 Å². The van der Waals surface area contributed by atoms with E-state index in [2.05, 4.69) is 10.3 Å². The summed E-state index contributed by atoms with van der Waals surface area (Å²) in [5, 5.41) is 5.18. The van der Waals surface area contributed by atoms with Gasteiger partial charge in [-0.05, 0) is 31.7 Å². The van der Waals surface area contributed by atoms with Gasteiger partial charge in [-0.3, -0.25) is 9.59 Å². The highest BCUT2D eigenvalue weighted by molar-refractivity contribution is 7.15. The Bertz CT molecular complexity index is 637. The van der Waals surface area contributed by atoms with Crippen LogP contribution < -0.4 is 5.32 Å². The van der Waals surface area contributed by atoms with Gasteiger partial charge in [0.2, 0.25) is 5.91 Å². The molecule has 118 valence electrons.